The van der Waals surface area contributed by atoms with Crippen molar-refractivity contribution in [3.8, 4) is 0 Å². The van der Waals surface area contributed by atoms with Crippen molar-refractivity contribution in [2.75, 3.05) is 41.0 Å². The molecule has 2 atom stereocenters. The third kappa shape index (κ3) is 8.48. The first kappa shape index (κ1) is 40.9. The van der Waals surface area contributed by atoms with Gasteiger partial charge in [-0.2, -0.15) is 9.61 Å². The van der Waals surface area contributed by atoms with Crippen LogP contribution in [0.1, 0.15) is 108 Å². The van der Waals surface area contributed by atoms with Crippen molar-refractivity contribution in [1.82, 2.24) is 34.7 Å². The van der Waals surface area contributed by atoms with E-state index in [1.54, 1.807) is 33.8 Å². The number of piperidine rings is 2. The van der Waals surface area contributed by atoms with Crippen LogP contribution in [0.2, 0.25) is 0 Å². The Labute approximate surface area is 351 Å². The maximum Gasteiger partial charge on any atom is 0.321 e. The summed E-state index contributed by atoms with van der Waals surface area (Å²) >= 11 is 0. The molecule has 2 aromatic carbocycles. The van der Waals surface area contributed by atoms with Gasteiger partial charge in [0.15, 0.2) is 11.5 Å². The molecule has 18 heteroatoms. The average molecular weight is 832 g/mol. The summed E-state index contributed by atoms with van der Waals surface area (Å²) in [7, 11) is 0. The molecule has 318 valence electrons. The van der Waals surface area contributed by atoms with Gasteiger partial charge in [-0.25, -0.2) is 14.8 Å². The van der Waals surface area contributed by atoms with E-state index in [2.05, 4.69) is 50.5 Å². The Bertz CT molecular complexity index is 2470. The fourth-order valence-electron chi connectivity index (χ4n) is 7.94. The number of urea groups is 1. The van der Waals surface area contributed by atoms with Crippen LogP contribution in [0, 0.1) is 0 Å². The standard InChI is InChI=1S/C43H49N11O7/c1-4-27(23-55)48-34-18-35(54-38(50-34)31(22-47-54)24(2)3)45-19-25-8-10-28(11-9-25)49-43(60)52-16-14-26(15-17-52)40-46-21-29(61-40)20-44-32-7-5-6-30-37(32)42(59)53(41(30)58)33-12-13-36(56)51-39(33)57/h5-11,18,21-22,24,26-27,33,44-45,55H,4,12-17,19-20,23H2,1-3H3,(H,48,50)(H,49,60)(H,51,56,57)/t27-,33?/m0/s1. The number of carbonyl (C=O) groups is 5. The van der Waals surface area contributed by atoms with Gasteiger partial charge in [0, 0.05) is 55.0 Å². The zero-order valence-corrected chi connectivity index (χ0v) is 34.2. The van der Waals surface area contributed by atoms with Crippen LogP contribution >= 0.6 is 0 Å². The fraction of sp³-hybridized carbons (Fsp3) is 0.395. The van der Waals surface area contributed by atoms with Gasteiger partial charge in [-0.05, 0) is 61.4 Å². The normalized spacial score (nSPS) is 17.5. The van der Waals surface area contributed by atoms with Crippen molar-refractivity contribution in [3.63, 3.8) is 0 Å². The highest BCUT2D eigenvalue weighted by Crippen LogP contribution is 2.34. The Balaban J connectivity index is 0.822. The summed E-state index contributed by atoms with van der Waals surface area (Å²) in [5, 5.41) is 29.6. The first-order valence-electron chi connectivity index (χ1n) is 20.7. The van der Waals surface area contributed by atoms with Crippen LogP contribution in [-0.4, -0.2) is 95.9 Å². The molecule has 2 saturated heterocycles. The van der Waals surface area contributed by atoms with Crippen LogP contribution in [0.3, 0.4) is 0 Å². The molecule has 5 aromatic rings. The van der Waals surface area contributed by atoms with Crippen LogP contribution in [0.25, 0.3) is 5.65 Å². The Hall–Kier alpha value is -6.82. The number of fused-ring (bicyclic) bond motifs is 2. The summed E-state index contributed by atoms with van der Waals surface area (Å²) in [5.41, 5.74) is 4.24. The number of nitrogens with one attached hydrogen (secondary N) is 5. The molecule has 6 heterocycles. The predicted octanol–water partition coefficient (Wildman–Crippen LogP) is 5.06. The summed E-state index contributed by atoms with van der Waals surface area (Å²) in [5.74, 6) is 0.510. The van der Waals surface area contributed by atoms with Gasteiger partial charge in [0.1, 0.15) is 23.4 Å². The second kappa shape index (κ2) is 17.4. The van der Waals surface area contributed by atoms with Crippen molar-refractivity contribution >= 4 is 58.3 Å². The molecule has 0 aliphatic carbocycles. The van der Waals surface area contributed by atoms with E-state index in [0.717, 1.165) is 33.9 Å². The van der Waals surface area contributed by atoms with E-state index >= 15 is 0 Å². The van der Waals surface area contributed by atoms with Crippen LogP contribution in [0.5, 0.6) is 0 Å². The van der Waals surface area contributed by atoms with Crippen molar-refractivity contribution in [3.05, 3.63) is 94.8 Å². The minimum atomic E-state index is -1.05. The van der Waals surface area contributed by atoms with Crippen LogP contribution in [-0.2, 0) is 22.7 Å². The van der Waals surface area contributed by atoms with Crippen LogP contribution in [0.15, 0.2) is 65.3 Å². The molecule has 8 rings (SSSR count). The predicted molar refractivity (Wildman–Crippen MR) is 225 cm³/mol. The summed E-state index contributed by atoms with van der Waals surface area (Å²) < 4.78 is 7.90. The number of anilines is 4. The Morgan fingerprint density at radius 3 is 2.49 bits per heavy atom. The lowest BCUT2D eigenvalue weighted by Gasteiger charge is -2.30. The van der Waals surface area contributed by atoms with Crippen molar-refractivity contribution in [1.29, 1.82) is 0 Å². The third-order valence-electron chi connectivity index (χ3n) is 11.5. The maximum absolute atomic E-state index is 13.4. The number of likely N-dealkylation sites (tertiary alicyclic amines) is 1. The molecule has 1 unspecified atom stereocenters. The minimum Gasteiger partial charge on any atom is -0.444 e. The number of hydrogen-bond acceptors (Lipinski definition) is 13. The zero-order valence-electron chi connectivity index (χ0n) is 34.2. The van der Waals surface area contributed by atoms with E-state index in [0.29, 0.717) is 61.3 Å². The average Bonchev–Trinajstić information content (AvgIpc) is 3.99. The SMILES string of the molecule is CC[C@@H](CO)Nc1cc(NCc2ccc(NC(=O)N3CCC(c4ncc(CNc5cccc6c5C(=O)N(C5CCC(=O)NC5=O)C6=O)o4)CC3)cc2)n2ncc(C(C)C)c2n1. The largest absolute Gasteiger partial charge is 0.444 e. The maximum atomic E-state index is 13.4. The summed E-state index contributed by atoms with van der Waals surface area (Å²) in [6.07, 6.45) is 5.66. The number of aromatic nitrogens is 4. The lowest BCUT2D eigenvalue weighted by molar-refractivity contribution is -0.136. The monoisotopic (exact) mass is 831 g/mol. The van der Waals surface area contributed by atoms with E-state index in [4.69, 9.17) is 9.40 Å². The molecule has 0 spiro atoms. The summed E-state index contributed by atoms with van der Waals surface area (Å²) in [6.45, 7) is 7.95. The van der Waals surface area contributed by atoms with E-state index in [1.165, 1.54) is 0 Å². The van der Waals surface area contributed by atoms with Gasteiger partial charge in [0.25, 0.3) is 11.8 Å². The lowest BCUT2D eigenvalue weighted by atomic mass is 9.97. The van der Waals surface area contributed by atoms with Crippen LogP contribution in [0.4, 0.5) is 27.8 Å². The Morgan fingerprint density at radius 2 is 1.77 bits per heavy atom. The minimum absolute atomic E-state index is 0.00111. The molecule has 6 N–H and O–H groups in total. The molecule has 0 radical (unpaired) electrons. The number of oxazole rings is 1. The fourth-order valence-corrected chi connectivity index (χ4v) is 7.94. The number of rotatable bonds is 14. The quantitative estimate of drug-likeness (QED) is 0.0806. The Morgan fingerprint density at radius 1 is 0.984 bits per heavy atom. The van der Waals surface area contributed by atoms with Gasteiger partial charge in [0.2, 0.25) is 11.8 Å². The molecule has 3 aromatic heterocycles. The summed E-state index contributed by atoms with van der Waals surface area (Å²) in [4.78, 5) is 76.1. The molecule has 18 nitrogen and oxygen atoms in total. The second-order valence-electron chi connectivity index (χ2n) is 15.9. The highest BCUT2D eigenvalue weighted by atomic mass is 16.4. The Kier molecular flexibility index (Phi) is 11.7. The molecule has 0 bridgehead atoms. The van der Waals surface area contributed by atoms with E-state index in [9.17, 15) is 29.1 Å². The molecule has 6 amide bonds. The van der Waals surface area contributed by atoms with Crippen molar-refractivity contribution in [2.24, 2.45) is 0 Å². The number of benzene rings is 2. The first-order valence-corrected chi connectivity index (χ1v) is 20.7. The van der Waals surface area contributed by atoms with E-state index in [-0.39, 0.29) is 61.0 Å². The smallest absolute Gasteiger partial charge is 0.321 e. The van der Waals surface area contributed by atoms with E-state index < -0.39 is 29.7 Å². The number of hydrogen-bond donors (Lipinski definition) is 6. The number of nitrogens with zero attached hydrogens (tertiary/aromatic N) is 6. The molecule has 0 saturated carbocycles. The van der Waals surface area contributed by atoms with Gasteiger partial charge < -0.3 is 35.7 Å². The van der Waals surface area contributed by atoms with E-state index in [1.807, 2.05) is 43.5 Å². The van der Waals surface area contributed by atoms with Gasteiger partial charge >= 0.3 is 6.03 Å². The highest BCUT2D eigenvalue weighted by molar-refractivity contribution is 6.25. The van der Waals surface area contributed by atoms with Gasteiger partial charge in [0.05, 0.1) is 42.7 Å². The molecular formula is C43H49N11O7. The number of aliphatic hydroxyl groups excluding tert-OH is 1. The molecule has 3 aliphatic rings. The number of imide groups is 2. The van der Waals surface area contributed by atoms with Crippen molar-refractivity contribution < 1.29 is 33.5 Å². The zero-order chi connectivity index (χ0) is 42.8. The number of carbonyl (C=O) groups excluding carboxylic acids is 5. The summed E-state index contributed by atoms with van der Waals surface area (Å²) in [6, 6.07) is 13.1. The highest BCUT2D eigenvalue weighted by Gasteiger charge is 2.45. The molecule has 2 fully saturated rings. The third-order valence-corrected chi connectivity index (χ3v) is 11.5. The first-order chi connectivity index (χ1) is 29.5. The van der Waals surface area contributed by atoms with Gasteiger partial charge in [-0.15, -0.1) is 0 Å². The number of aliphatic hydroxyl groups is 1. The number of amides is 6. The van der Waals surface area contributed by atoms with Gasteiger partial charge in [-0.3, -0.25) is 29.4 Å². The second-order valence-corrected chi connectivity index (χ2v) is 15.9. The molecular weight excluding hydrogens is 783 g/mol. The van der Waals surface area contributed by atoms with Crippen molar-refractivity contribution in [2.45, 2.75) is 89.9 Å². The molecule has 3 aliphatic heterocycles. The topological polar surface area (TPSA) is 228 Å². The van der Waals surface area contributed by atoms with Crippen LogP contribution < -0.4 is 26.6 Å². The molecule has 61 heavy (non-hydrogen) atoms. The van der Waals surface area contributed by atoms with Gasteiger partial charge in [-0.1, -0.05) is 39.0 Å². The lowest BCUT2D eigenvalue weighted by Crippen LogP contribution is -2.54.